The second-order valence-corrected chi connectivity index (χ2v) is 5.33. The zero-order valence-electron chi connectivity index (χ0n) is 10.5. The van der Waals surface area contributed by atoms with E-state index in [-0.39, 0.29) is 12.1 Å². The fraction of sp³-hybridized carbons (Fsp3) is 0.533. The van der Waals surface area contributed by atoms with Gasteiger partial charge in [-0.25, -0.2) is 0 Å². The smallest absolute Gasteiger partial charge is 0.310 e. The second kappa shape index (κ2) is 5.11. The van der Waals surface area contributed by atoms with Gasteiger partial charge in [-0.1, -0.05) is 30.3 Å². The van der Waals surface area contributed by atoms with Crippen LogP contribution in [-0.4, -0.2) is 36.6 Å². The molecule has 3 aliphatic heterocycles. The molecule has 3 heteroatoms. The Kier molecular flexibility index (Phi) is 3.33. The van der Waals surface area contributed by atoms with Crippen LogP contribution in [0.2, 0.25) is 0 Å². The Morgan fingerprint density at radius 2 is 1.94 bits per heavy atom. The molecule has 0 amide bonds. The summed E-state index contributed by atoms with van der Waals surface area (Å²) in [7, 11) is 0. The predicted octanol–water partition coefficient (Wildman–Crippen LogP) is 1.87. The Morgan fingerprint density at radius 1 is 1.22 bits per heavy atom. The number of carbonyl (C=O) groups is 1. The van der Waals surface area contributed by atoms with Crippen molar-refractivity contribution in [2.45, 2.75) is 25.4 Å². The van der Waals surface area contributed by atoms with Gasteiger partial charge in [-0.05, 0) is 37.4 Å². The summed E-state index contributed by atoms with van der Waals surface area (Å²) >= 11 is 0. The van der Waals surface area contributed by atoms with Crippen LogP contribution in [0.5, 0.6) is 0 Å². The van der Waals surface area contributed by atoms with Crippen molar-refractivity contribution in [2.75, 3.05) is 19.6 Å². The third-order valence-corrected chi connectivity index (χ3v) is 4.07. The highest BCUT2D eigenvalue weighted by atomic mass is 16.5. The molecule has 1 atom stereocenters. The van der Waals surface area contributed by atoms with Gasteiger partial charge in [0.15, 0.2) is 0 Å². The third-order valence-electron chi connectivity index (χ3n) is 4.07. The molecule has 0 aliphatic carbocycles. The lowest BCUT2D eigenvalue weighted by Gasteiger charge is -2.43. The SMILES string of the molecule is O=C(Cc1ccccc1)O[C@H]1CN2CCC1CC2. The zero-order chi connectivity index (χ0) is 12.4. The van der Waals surface area contributed by atoms with Crippen molar-refractivity contribution in [3.63, 3.8) is 0 Å². The van der Waals surface area contributed by atoms with Gasteiger partial charge in [-0.3, -0.25) is 9.69 Å². The normalized spacial score (nSPS) is 30.1. The highest BCUT2D eigenvalue weighted by molar-refractivity contribution is 5.72. The first kappa shape index (κ1) is 11.7. The summed E-state index contributed by atoms with van der Waals surface area (Å²) in [4.78, 5) is 14.3. The molecule has 0 aromatic heterocycles. The Hall–Kier alpha value is -1.35. The Bertz CT molecular complexity index is 410. The number of carbonyl (C=O) groups excluding carboxylic acids is 1. The molecule has 2 bridgehead atoms. The molecule has 96 valence electrons. The summed E-state index contributed by atoms with van der Waals surface area (Å²) in [5.41, 5.74) is 1.03. The molecule has 0 radical (unpaired) electrons. The van der Waals surface area contributed by atoms with Gasteiger partial charge in [-0.2, -0.15) is 0 Å². The topological polar surface area (TPSA) is 29.5 Å². The van der Waals surface area contributed by atoms with E-state index in [1.807, 2.05) is 30.3 Å². The van der Waals surface area contributed by atoms with Gasteiger partial charge in [0.25, 0.3) is 0 Å². The number of ether oxygens (including phenoxy) is 1. The Balaban J connectivity index is 1.55. The highest BCUT2D eigenvalue weighted by Crippen LogP contribution is 2.29. The first-order valence-electron chi connectivity index (χ1n) is 6.77. The quantitative estimate of drug-likeness (QED) is 0.761. The van der Waals surface area contributed by atoms with Crippen molar-refractivity contribution in [3.8, 4) is 0 Å². The number of rotatable bonds is 3. The van der Waals surface area contributed by atoms with E-state index in [9.17, 15) is 4.79 Å². The summed E-state index contributed by atoms with van der Waals surface area (Å²) < 4.78 is 5.65. The Morgan fingerprint density at radius 3 is 2.56 bits per heavy atom. The van der Waals surface area contributed by atoms with Gasteiger partial charge in [0.1, 0.15) is 6.10 Å². The summed E-state index contributed by atoms with van der Waals surface area (Å²) in [5.74, 6) is 0.509. The van der Waals surface area contributed by atoms with Crippen LogP contribution >= 0.6 is 0 Å². The average Bonchev–Trinajstić information content (AvgIpc) is 2.41. The van der Waals surface area contributed by atoms with Gasteiger partial charge in [-0.15, -0.1) is 0 Å². The summed E-state index contributed by atoms with van der Waals surface area (Å²) in [6, 6.07) is 9.81. The first-order valence-corrected chi connectivity index (χ1v) is 6.77. The van der Waals surface area contributed by atoms with Gasteiger partial charge in [0.05, 0.1) is 6.42 Å². The summed E-state index contributed by atoms with van der Waals surface area (Å²) in [6.45, 7) is 3.29. The maximum atomic E-state index is 11.9. The molecule has 3 aliphatic rings. The molecule has 3 heterocycles. The van der Waals surface area contributed by atoms with Crippen LogP contribution in [0.15, 0.2) is 30.3 Å². The van der Waals surface area contributed by atoms with Crippen molar-refractivity contribution < 1.29 is 9.53 Å². The first-order chi connectivity index (χ1) is 8.81. The van der Waals surface area contributed by atoms with E-state index in [2.05, 4.69) is 4.90 Å². The summed E-state index contributed by atoms with van der Waals surface area (Å²) in [5, 5.41) is 0. The molecule has 0 N–H and O–H groups in total. The maximum absolute atomic E-state index is 11.9. The van der Waals surface area contributed by atoms with Crippen LogP contribution in [0.3, 0.4) is 0 Å². The molecule has 0 spiro atoms. The molecule has 0 unspecified atom stereocenters. The lowest BCUT2D eigenvalue weighted by molar-refractivity contribution is -0.157. The number of benzene rings is 1. The number of hydrogen-bond donors (Lipinski definition) is 0. The largest absolute Gasteiger partial charge is 0.460 e. The van der Waals surface area contributed by atoms with E-state index in [0.717, 1.165) is 12.1 Å². The molecule has 0 saturated carbocycles. The van der Waals surface area contributed by atoms with Crippen molar-refractivity contribution in [3.05, 3.63) is 35.9 Å². The number of fused-ring (bicyclic) bond motifs is 3. The number of esters is 1. The molecule has 1 aromatic rings. The van der Waals surface area contributed by atoms with Crippen LogP contribution in [0.4, 0.5) is 0 Å². The van der Waals surface area contributed by atoms with Gasteiger partial charge in [0.2, 0.25) is 0 Å². The molecular formula is C15H19NO2. The maximum Gasteiger partial charge on any atom is 0.310 e. The van der Waals surface area contributed by atoms with Crippen molar-refractivity contribution in [1.29, 1.82) is 0 Å². The second-order valence-electron chi connectivity index (χ2n) is 5.33. The lowest BCUT2D eigenvalue weighted by Crippen LogP contribution is -2.52. The van der Waals surface area contributed by atoms with E-state index >= 15 is 0 Å². The minimum absolute atomic E-state index is 0.0834. The van der Waals surface area contributed by atoms with Crippen molar-refractivity contribution >= 4 is 5.97 Å². The highest BCUT2D eigenvalue weighted by Gasteiger charge is 2.36. The van der Waals surface area contributed by atoms with Crippen LogP contribution < -0.4 is 0 Å². The van der Waals surface area contributed by atoms with E-state index in [4.69, 9.17) is 4.74 Å². The standard InChI is InChI=1S/C15H19NO2/c17-15(10-12-4-2-1-3-5-12)18-14-11-16-8-6-13(14)7-9-16/h1-5,13-14H,6-11H2/t14-/m0/s1. The monoisotopic (exact) mass is 245 g/mol. The molecule has 3 saturated heterocycles. The number of hydrogen-bond acceptors (Lipinski definition) is 3. The van der Waals surface area contributed by atoms with Crippen LogP contribution in [0.25, 0.3) is 0 Å². The van der Waals surface area contributed by atoms with E-state index in [1.54, 1.807) is 0 Å². The molecule has 4 rings (SSSR count). The third kappa shape index (κ3) is 2.56. The Labute approximate surface area is 108 Å². The number of nitrogens with zero attached hydrogens (tertiary/aromatic N) is 1. The van der Waals surface area contributed by atoms with Crippen LogP contribution in [0, 0.1) is 5.92 Å². The lowest BCUT2D eigenvalue weighted by atomic mass is 9.86. The fourth-order valence-electron chi connectivity index (χ4n) is 3.02. The molecule has 3 fully saturated rings. The fourth-order valence-corrected chi connectivity index (χ4v) is 3.02. The number of piperidine rings is 3. The van der Waals surface area contributed by atoms with Crippen LogP contribution in [-0.2, 0) is 16.0 Å². The summed E-state index contributed by atoms with van der Waals surface area (Å²) in [6.07, 6.45) is 2.89. The minimum Gasteiger partial charge on any atom is -0.460 e. The average molecular weight is 245 g/mol. The molecular weight excluding hydrogens is 226 g/mol. The van der Waals surface area contributed by atoms with Gasteiger partial charge < -0.3 is 4.74 Å². The predicted molar refractivity (Wildman–Crippen MR) is 69.2 cm³/mol. The van der Waals surface area contributed by atoms with Crippen molar-refractivity contribution in [2.24, 2.45) is 5.92 Å². The van der Waals surface area contributed by atoms with E-state index in [0.29, 0.717) is 12.3 Å². The van der Waals surface area contributed by atoms with Gasteiger partial charge in [0, 0.05) is 6.54 Å². The van der Waals surface area contributed by atoms with Crippen molar-refractivity contribution in [1.82, 2.24) is 4.90 Å². The van der Waals surface area contributed by atoms with Crippen LogP contribution in [0.1, 0.15) is 18.4 Å². The molecule has 18 heavy (non-hydrogen) atoms. The zero-order valence-corrected chi connectivity index (χ0v) is 10.5. The molecule has 3 nitrogen and oxygen atoms in total. The van der Waals surface area contributed by atoms with E-state index < -0.39 is 0 Å². The minimum atomic E-state index is -0.0834. The van der Waals surface area contributed by atoms with E-state index in [1.165, 1.54) is 25.9 Å². The van der Waals surface area contributed by atoms with Gasteiger partial charge >= 0.3 is 5.97 Å². The molecule has 1 aromatic carbocycles.